The third-order valence-corrected chi connectivity index (χ3v) is 1.61. The average Bonchev–Trinajstić information content (AvgIpc) is 2.19. The van der Waals surface area contributed by atoms with Crippen LogP contribution in [0.2, 0.25) is 0 Å². The van der Waals surface area contributed by atoms with Gasteiger partial charge < -0.3 is 14.9 Å². The summed E-state index contributed by atoms with van der Waals surface area (Å²) in [5.74, 6) is -0.511. The minimum Gasteiger partial charge on any atom is -0.508 e. The highest BCUT2D eigenvalue weighted by molar-refractivity contribution is 5.87. The van der Waals surface area contributed by atoms with Gasteiger partial charge in [-0.05, 0) is 24.3 Å². The zero-order chi connectivity index (χ0) is 10.6. The number of ether oxygens (including phenoxy) is 1. The van der Waals surface area contributed by atoms with E-state index in [1.165, 1.54) is 31.4 Å². The van der Waals surface area contributed by atoms with Gasteiger partial charge in [-0.25, -0.2) is 4.79 Å². The van der Waals surface area contributed by atoms with E-state index >= 15 is 0 Å². The molecule has 0 heterocycles. The van der Waals surface area contributed by atoms with Crippen LogP contribution in [-0.4, -0.2) is 23.3 Å². The molecule has 0 spiro atoms. The Balaban J connectivity index is 0.00000196. The summed E-state index contributed by atoms with van der Waals surface area (Å²) >= 11 is 0. The van der Waals surface area contributed by atoms with Crippen molar-refractivity contribution < 1.29 is 21.2 Å². The van der Waals surface area contributed by atoms with Crippen molar-refractivity contribution >= 4 is 12.0 Å². The van der Waals surface area contributed by atoms with Crippen molar-refractivity contribution in [2.75, 3.05) is 7.11 Å². The Morgan fingerprint density at radius 1 is 1.50 bits per heavy atom. The fourth-order valence-electron chi connectivity index (χ4n) is 0.901. The molecule has 76 valence electrons. The largest absolute Gasteiger partial charge is 0.508 e. The van der Waals surface area contributed by atoms with Crippen molar-refractivity contribution in [3.63, 3.8) is 0 Å². The van der Waals surface area contributed by atoms with Gasteiger partial charge in [-0.15, -0.1) is 0 Å². The zero-order valence-electron chi connectivity index (χ0n) is 7.60. The smallest absolute Gasteiger partial charge is 0.330 e. The number of carbonyl (C=O) groups is 1. The third-order valence-electron chi connectivity index (χ3n) is 1.61. The van der Waals surface area contributed by atoms with E-state index in [0.717, 1.165) is 6.08 Å². The summed E-state index contributed by atoms with van der Waals surface area (Å²) in [4.78, 5) is 10.7. The van der Waals surface area contributed by atoms with Gasteiger partial charge in [-0.1, -0.05) is 0 Å². The number of methoxy groups -OCH3 is 1. The molecule has 0 aliphatic rings. The first-order valence-electron chi connectivity index (χ1n) is 3.91. The number of aromatic hydroxyl groups is 2. The molecule has 4 nitrogen and oxygen atoms in total. The number of hydrogen-bond donors (Lipinski definition) is 2. The molecule has 0 fully saturated rings. The van der Waals surface area contributed by atoms with Crippen LogP contribution in [0.3, 0.4) is 0 Å². The molecule has 0 amide bonds. The van der Waals surface area contributed by atoms with E-state index in [9.17, 15) is 9.90 Å². The summed E-state index contributed by atoms with van der Waals surface area (Å²) in [6, 6.07) is 4.03. The van der Waals surface area contributed by atoms with Crippen molar-refractivity contribution in [1.82, 2.24) is 0 Å². The Hall–Kier alpha value is -1.97. The number of phenols is 2. The molecule has 0 aliphatic carbocycles. The Labute approximate surface area is 82.5 Å². The van der Waals surface area contributed by atoms with E-state index in [2.05, 4.69) is 4.74 Å². The predicted octanol–water partition coefficient (Wildman–Crippen LogP) is 1.53. The maximum absolute atomic E-state index is 10.7. The molecule has 14 heavy (non-hydrogen) atoms. The second kappa shape index (κ2) is 4.32. The lowest BCUT2D eigenvalue weighted by molar-refractivity contribution is -0.134. The van der Waals surface area contributed by atoms with Gasteiger partial charge in [0.25, 0.3) is 0 Å². The highest BCUT2D eigenvalue weighted by Crippen LogP contribution is 2.22. The van der Waals surface area contributed by atoms with E-state index in [0.29, 0.717) is 5.56 Å². The standard InChI is InChI=1S/C10H10O4.H2/c1-14-10(13)5-2-7-6-8(11)3-4-9(7)12;/h2-6,11-12H,1H3;1H. The molecule has 0 bridgehead atoms. The van der Waals surface area contributed by atoms with Crippen LogP contribution in [0.4, 0.5) is 0 Å². The lowest BCUT2D eigenvalue weighted by Gasteiger charge is -1.99. The van der Waals surface area contributed by atoms with Gasteiger partial charge in [0.15, 0.2) is 0 Å². The van der Waals surface area contributed by atoms with Crippen LogP contribution in [0.5, 0.6) is 11.5 Å². The van der Waals surface area contributed by atoms with Crippen LogP contribution in [0.25, 0.3) is 6.08 Å². The summed E-state index contributed by atoms with van der Waals surface area (Å²) in [7, 11) is 1.26. The summed E-state index contributed by atoms with van der Waals surface area (Å²) in [6.45, 7) is 0. The maximum Gasteiger partial charge on any atom is 0.330 e. The highest BCUT2D eigenvalue weighted by Gasteiger charge is 1.99. The van der Waals surface area contributed by atoms with E-state index < -0.39 is 5.97 Å². The molecule has 0 radical (unpaired) electrons. The van der Waals surface area contributed by atoms with Crippen molar-refractivity contribution in [1.29, 1.82) is 0 Å². The van der Waals surface area contributed by atoms with Crippen molar-refractivity contribution in [2.24, 2.45) is 0 Å². The van der Waals surface area contributed by atoms with Crippen molar-refractivity contribution in [3.05, 3.63) is 29.8 Å². The fourth-order valence-corrected chi connectivity index (χ4v) is 0.901. The van der Waals surface area contributed by atoms with Crippen LogP contribution in [-0.2, 0) is 9.53 Å². The van der Waals surface area contributed by atoms with E-state index in [1.807, 2.05) is 0 Å². The minimum atomic E-state index is -0.521. The molecule has 0 aromatic heterocycles. The van der Waals surface area contributed by atoms with Crippen LogP contribution in [0.1, 0.15) is 6.99 Å². The lowest BCUT2D eigenvalue weighted by Crippen LogP contribution is -1.93. The average molecular weight is 196 g/mol. The fraction of sp³-hybridized carbons (Fsp3) is 0.100. The molecule has 0 saturated carbocycles. The minimum absolute atomic E-state index is 0. The van der Waals surface area contributed by atoms with Crippen LogP contribution in [0, 0.1) is 0 Å². The van der Waals surface area contributed by atoms with Crippen molar-refractivity contribution in [2.45, 2.75) is 0 Å². The molecule has 1 aromatic carbocycles. The number of carbonyl (C=O) groups excluding carboxylic acids is 1. The van der Waals surface area contributed by atoms with Crippen molar-refractivity contribution in [3.8, 4) is 11.5 Å². The molecule has 1 rings (SSSR count). The first-order chi connectivity index (χ1) is 6.63. The maximum atomic E-state index is 10.7. The normalized spacial score (nSPS) is 10.4. The second-order valence-corrected chi connectivity index (χ2v) is 2.60. The van der Waals surface area contributed by atoms with Gasteiger partial charge in [-0.3, -0.25) is 0 Å². The van der Waals surface area contributed by atoms with Gasteiger partial charge in [0.1, 0.15) is 11.5 Å². The van der Waals surface area contributed by atoms with E-state index in [1.54, 1.807) is 0 Å². The summed E-state index contributed by atoms with van der Waals surface area (Å²) < 4.78 is 4.37. The Bertz CT molecular complexity index is 374. The Morgan fingerprint density at radius 2 is 2.21 bits per heavy atom. The quantitative estimate of drug-likeness (QED) is 0.427. The van der Waals surface area contributed by atoms with Gasteiger partial charge in [-0.2, -0.15) is 0 Å². The molecule has 0 unspecified atom stereocenters. The Morgan fingerprint density at radius 3 is 2.86 bits per heavy atom. The summed E-state index contributed by atoms with van der Waals surface area (Å²) in [6.07, 6.45) is 2.52. The molecule has 1 aromatic rings. The van der Waals surface area contributed by atoms with Crippen LogP contribution in [0.15, 0.2) is 24.3 Å². The number of rotatable bonds is 2. The summed E-state index contributed by atoms with van der Waals surface area (Å²) in [5.41, 5.74) is 0.357. The molecule has 0 saturated heterocycles. The van der Waals surface area contributed by atoms with E-state index in [4.69, 9.17) is 5.11 Å². The third kappa shape index (κ3) is 2.52. The van der Waals surface area contributed by atoms with Gasteiger partial charge in [0, 0.05) is 13.1 Å². The van der Waals surface area contributed by atoms with E-state index in [-0.39, 0.29) is 12.9 Å². The number of benzene rings is 1. The summed E-state index contributed by atoms with van der Waals surface area (Å²) in [5, 5.41) is 18.4. The molecule has 4 heteroatoms. The lowest BCUT2D eigenvalue weighted by atomic mass is 10.2. The van der Waals surface area contributed by atoms with Gasteiger partial charge in [0.05, 0.1) is 7.11 Å². The number of hydrogen-bond acceptors (Lipinski definition) is 4. The van der Waals surface area contributed by atoms with Gasteiger partial charge >= 0.3 is 5.97 Å². The predicted molar refractivity (Wildman–Crippen MR) is 52.9 cm³/mol. The van der Waals surface area contributed by atoms with Crippen LogP contribution < -0.4 is 0 Å². The first kappa shape index (κ1) is 10.1. The second-order valence-electron chi connectivity index (χ2n) is 2.60. The number of phenolic OH excluding ortho intramolecular Hbond substituents is 2. The monoisotopic (exact) mass is 196 g/mol. The molecule has 2 N–H and O–H groups in total. The number of esters is 1. The molecule has 0 atom stereocenters. The topological polar surface area (TPSA) is 66.8 Å². The highest BCUT2D eigenvalue weighted by atomic mass is 16.5. The SMILES string of the molecule is COC(=O)C=Cc1cc(O)ccc1O.[HH]. The van der Waals surface area contributed by atoms with Gasteiger partial charge in [0.2, 0.25) is 0 Å². The van der Waals surface area contributed by atoms with Crippen LogP contribution >= 0.6 is 0 Å². The molecular weight excluding hydrogens is 184 g/mol. The molecular formula is C10H12O4. The Kier molecular flexibility index (Phi) is 3.12. The first-order valence-corrected chi connectivity index (χ1v) is 3.91. The zero-order valence-corrected chi connectivity index (χ0v) is 7.60. The molecule has 0 aliphatic heterocycles.